The summed E-state index contributed by atoms with van der Waals surface area (Å²) in [6, 6.07) is 9.83. The minimum Gasteiger partial charge on any atom is -0.328 e. The van der Waals surface area contributed by atoms with Gasteiger partial charge in [0.1, 0.15) is 0 Å². The second-order valence-corrected chi connectivity index (χ2v) is 5.32. The van der Waals surface area contributed by atoms with Gasteiger partial charge in [-0.05, 0) is 44.7 Å². The molecule has 0 aromatic heterocycles. The molecule has 2 rings (SSSR count). The number of nitrogens with one attached hydrogen (secondary N) is 1. The Hall–Kier alpha value is -0.860. The maximum absolute atomic E-state index is 5.99. The van der Waals surface area contributed by atoms with Crippen molar-refractivity contribution in [1.82, 2.24) is 5.32 Å². The molecule has 0 heterocycles. The molecule has 2 nitrogen and oxygen atoms in total. The first kappa shape index (κ1) is 12.6. The number of nitrogens with two attached hydrogens (primary N) is 1. The molecular formula is C15H24N2. The third-order valence-electron chi connectivity index (χ3n) is 3.64. The zero-order valence-corrected chi connectivity index (χ0v) is 10.8. The van der Waals surface area contributed by atoms with Gasteiger partial charge in [-0.2, -0.15) is 0 Å². The quantitative estimate of drug-likeness (QED) is 0.836. The summed E-state index contributed by atoms with van der Waals surface area (Å²) in [4.78, 5) is 0. The largest absolute Gasteiger partial charge is 0.328 e. The highest BCUT2D eigenvalue weighted by molar-refractivity contribution is 5.22. The van der Waals surface area contributed by atoms with Crippen LogP contribution in [0.4, 0.5) is 0 Å². The van der Waals surface area contributed by atoms with E-state index in [1.165, 1.54) is 30.4 Å². The van der Waals surface area contributed by atoms with Crippen molar-refractivity contribution in [3.63, 3.8) is 0 Å². The average Bonchev–Trinajstić information content (AvgIpc) is 2.29. The summed E-state index contributed by atoms with van der Waals surface area (Å²) in [6.45, 7) is 3.22. The van der Waals surface area contributed by atoms with Gasteiger partial charge in [0.25, 0.3) is 0 Å². The maximum atomic E-state index is 5.99. The van der Waals surface area contributed by atoms with E-state index in [1.807, 2.05) is 0 Å². The summed E-state index contributed by atoms with van der Waals surface area (Å²) < 4.78 is 0. The lowest BCUT2D eigenvalue weighted by molar-refractivity contribution is 0.341. The van der Waals surface area contributed by atoms with Crippen molar-refractivity contribution in [3.8, 4) is 0 Å². The highest BCUT2D eigenvalue weighted by atomic mass is 14.9. The summed E-state index contributed by atoms with van der Waals surface area (Å²) in [6.07, 6.45) is 6.04. The number of hydrogen-bond acceptors (Lipinski definition) is 2. The predicted octanol–water partition coefficient (Wildman–Crippen LogP) is 2.40. The van der Waals surface area contributed by atoms with Crippen LogP contribution in [0.25, 0.3) is 0 Å². The molecule has 2 unspecified atom stereocenters. The van der Waals surface area contributed by atoms with E-state index < -0.39 is 0 Å². The van der Waals surface area contributed by atoms with Crippen LogP contribution in [0.1, 0.15) is 36.8 Å². The Balaban J connectivity index is 1.72. The third-order valence-corrected chi connectivity index (χ3v) is 3.64. The van der Waals surface area contributed by atoms with Crippen molar-refractivity contribution in [2.45, 2.75) is 51.1 Å². The molecule has 1 aliphatic rings. The van der Waals surface area contributed by atoms with Crippen LogP contribution in [0.15, 0.2) is 24.3 Å². The van der Waals surface area contributed by atoms with Crippen molar-refractivity contribution in [3.05, 3.63) is 35.4 Å². The molecule has 0 spiro atoms. The van der Waals surface area contributed by atoms with Gasteiger partial charge in [0.15, 0.2) is 0 Å². The molecule has 1 aliphatic carbocycles. The van der Waals surface area contributed by atoms with Crippen LogP contribution in [-0.4, -0.2) is 18.6 Å². The zero-order chi connectivity index (χ0) is 12.1. The highest BCUT2D eigenvalue weighted by Crippen LogP contribution is 2.16. The lowest BCUT2D eigenvalue weighted by Gasteiger charge is -2.27. The summed E-state index contributed by atoms with van der Waals surface area (Å²) in [5.41, 5.74) is 8.77. The second kappa shape index (κ2) is 6.18. The van der Waals surface area contributed by atoms with Gasteiger partial charge >= 0.3 is 0 Å². The standard InChI is InChI=1S/C15H24N2/c1-12-4-2-5-13(10-12)8-9-17-15-7-3-6-14(16)11-15/h2,4-5,10,14-15,17H,3,6-9,11,16H2,1H3. The molecule has 1 saturated carbocycles. The van der Waals surface area contributed by atoms with Gasteiger partial charge in [0.2, 0.25) is 0 Å². The molecule has 1 aromatic carbocycles. The molecule has 0 aliphatic heterocycles. The molecule has 94 valence electrons. The van der Waals surface area contributed by atoms with E-state index in [0.717, 1.165) is 19.4 Å². The molecule has 0 amide bonds. The Kier molecular flexibility index (Phi) is 4.57. The Bertz CT molecular complexity index is 349. The van der Waals surface area contributed by atoms with Gasteiger partial charge < -0.3 is 11.1 Å². The fraction of sp³-hybridized carbons (Fsp3) is 0.600. The molecule has 2 atom stereocenters. The van der Waals surface area contributed by atoms with Gasteiger partial charge in [-0.25, -0.2) is 0 Å². The first-order chi connectivity index (χ1) is 8.24. The average molecular weight is 232 g/mol. The van der Waals surface area contributed by atoms with Crippen LogP contribution in [0.5, 0.6) is 0 Å². The Labute approximate surface area is 105 Å². The molecule has 0 radical (unpaired) electrons. The summed E-state index contributed by atoms with van der Waals surface area (Å²) in [7, 11) is 0. The number of rotatable bonds is 4. The number of benzene rings is 1. The third kappa shape index (κ3) is 4.14. The summed E-state index contributed by atoms with van der Waals surface area (Å²) in [5.74, 6) is 0. The van der Waals surface area contributed by atoms with Gasteiger partial charge in [0, 0.05) is 12.1 Å². The van der Waals surface area contributed by atoms with E-state index in [2.05, 4.69) is 36.5 Å². The van der Waals surface area contributed by atoms with E-state index in [1.54, 1.807) is 0 Å². The van der Waals surface area contributed by atoms with Crippen molar-refractivity contribution >= 4 is 0 Å². The summed E-state index contributed by atoms with van der Waals surface area (Å²) >= 11 is 0. The Morgan fingerprint density at radius 1 is 1.35 bits per heavy atom. The fourth-order valence-electron chi connectivity index (χ4n) is 2.70. The maximum Gasteiger partial charge on any atom is 0.00819 e. The lowest BCUT2D eigenvalue weighted by atomic mass is 9.91. The topological polar surface area (TPSA) is 38.0 Å². The Morgan fingerprint density at radius 2 is 2.24 bits per heavy atom. The van der Waals surface area contributed by atoms with Crippen LogP contribution >= 0.6 is 0 Å². The molecular weight excluding hydrogens is 208 g/mol. The fourth-order valence-corrected chi connectivity index (χ4v) is 2.70. The molecule has 17 heavy (non-hydrogen) atoms. The minimum absolute atomic E-state index is 0.417. The predicted molar refractivity (Wildman–Crippen MR) is 73.1 cm³/mol. The van der Waals surface area contributed by atoms with Crippen molar-refractivity contribution in [2.24, 2.45) is 5.73 Å². The minimum atomic E-state index is 0.417. The Morgan fingerprint density at radius 3 is 3.00 bits per heavy atom. The van der Waals surface area contributed by atoms with E-state index in [4.69, 9.17) is 5.73 Å². The van der Waals surface area contributed by atoms with E-state index in [0.29, 0.717) is 12.1 Å². The van der Waals surface area contributed by atoms with E-state index >= 15 is 0 Å². The number of hydrogen-bond donors (Lipinski definition) is 2. The molecule has 1 fully saturated rings. The molecule has 0 bridgehead atoms. The van der Waals surface area contributed by atoms with Crippen LogP contribution in [-0.2, 0) is 6.42 Å². The normalized spacial score (nSPS) is 24.8. The van der Waals surface area contributed by atoms with Crippen LogP contribution in [0.3, 0.4) is 0 Å². The van der Waals surface area contributed by atoms with E-state index in [-0.39, 0.29) is 0 Å². The molecule has 1 aromatic rings. The van der Waals surface area contributed by atoms with Gasteiger partial charge in [-0.15, -0.1) is 0 Å². The van der Waals surface area contributed by atoms with Crippen LogP contribution in [0.2, 0.25) is 0 Å². The zero-order valence-electron chi connectivity index (χ0n) is 10.8. The lowest BCUT2D eigenvalue weighted by Crippen LogP contribution is -2.40. The molecule has 3 N–H and O–H groups in total. The SMILES string of the molecule is Cc1cccc(CCNC2CCCC(N)C2)c1. The van der Waals surface area contributed by atoms with E-state index in [9.17, 15) is 0 Å². The first-order valence-electron chi connectivity index (χ1n) is 6.78. The van der Waals surface area contributed by atoms with Crippen molar-refractivity contribution in [1.29, 1.82) is 0 Å². The smallest absolute Gasteiger partial charge is 0.00819 e. The number of aryl methyl sites for hydroxylation is 1. The molecule has 2 heteroatoms. The highest BCUT2D eigenvalue weighted by Gasteiger charge is 2.17. The van der Waals surface area contributed by atoms with Gasteiger partial charge in [-0.1, -0.05) is 36.2 Å². The van der Waals surface area contributed by atoms with Gasteiger partial charge in [0.05, 0.1) is 0 Å². The van der Waals surface area contributed by atoms with Crippen LogP contribution < -0.4 is 11.1 Å². The summed E-state index contributed by atoms with van der Waals surface area (Å²) in [5, 5.41) is 3.64. The van der Waals surface area contributed by atoms with Crippen molar-refractivity contribution < 1.29 is 0 Å². The monoisotopic (exact) mass is 232 g/mol. The van der Waals surface area contributed by atoms with Crippen molar-refractivity contribution in [2.75, 3.05) is 6.54 Å². The molecule has 0 saturated heterocycles. The van der Waals surface area contributed by atoms with Crippen LogP contribution in [0, 0.1) is 6.92 Å². The van der Waals surface area contributed by atoms with Gasteiger partial charge in [-0.3, -0.25) is 0 Å². The first-order valence-corrected chi connectivity index (χ1v) is 6.78. The second-order valence-electron chi connectivity index (χ2n) is 5.32.